The zero-order valence-corrected chi connectivity index (χ0v) is 8.11. The Hall–Kier alpha value is -1.91. The third-order valence-corrected chi connectivity index (χ3v) is 1.90. The van der Waals surface area contributed by atoms with E-state index in [2.05, 4.69) is 14.7 Å². The first-order valence-corrected chi connectivity index (χ1v) is 4.40. The normalized spacial score (nSPS) is 10.3. The summed E-state index contributed by atoms with van der Waals surface area (Å²) in [5.41, 5.74) is 0.735. The van der Waals surface area contributed by atoms with Crippen LogP contribution in [0.1, 0.15) is 11.4 Å². The van der Waals surface area contributed by atoms with E-state index in [1.54, 1.807) is 13.0 Å². The van der Waals surface area contributed by atoms with Crippen molar-refractivity contribution >= 4 is 0 Å². The Morgan fingerprint density at radius 2 is 2.33 bits per heavy atom. The van der Waals surface area contributed by atoms with Crippen molar-refractivity contribution in [1.29, 1.82) is 0 Å². The van der Waals surface area contributed by atoms with Crippen molar-refractivity contribution in [3.05, 3.63) is 41.8 Å². The van der Waals surface area contributed by atoms with Gasteiger partial charge in [-0.3, -0.25) is 0 Å². The van der Waals surface area contributed by atoms with E-state index in [0.29, 0.717) is 11.6 Å². The van der Waals surface area contributed by atoms with Gasteiger partial charge in [0.1, 0.15) is 11.6 Å². The molecule has 0 bridgehead atoms. The van der Waals surface area contributed by atoms with Gasteiger partial charge in [0.05, 0.1) is 0 Å². The molecule has 0 spiro atoms. The Labute approximate surface area is 85.7 Å². The Kier molecular flexibility index (Phi) is 2.62. The van der Waals surface area contributed by atoms with Crippen molar-refractivity contribution in [3.8, 4) is 5.75 Å². The van der Waals surface area contributed by atoms with Crippen LogP contribution in [0.25, 0.3) is 0 Å². The first-order chi connectivity index (χ1) is 7.25. The Balaban J connectivity index is 2.05. The van der Waals surface area contributed by atoms with Gasteiger partial charge in [0.25, 0.3) is 0 Å². The Morgan fingerprint density at radius 3 is 3.00 bits per heavy atom. The smallest absolute Gasteiger partial charge is 0.213 e. The summed E-state index contributed by atoms with van der Waals surface area (Å²) in [7, 11) is 0. The molecule has 0 saturated carbocycles. The summed E-state index contributed by atoms with van der Waals surface area (Å²) >= 11 is 0. The van der Waals surface area contributed by atoms with E-state index in [-0.39, 0.29) is 12.4 Å². The molecule has 4 nitrogen and oxygen atoms in total. The average Bonchev–Trinajstić information content (AvgIpc) is 2.69. The van der Waals surface area contributed by atoms with Crippen molar-refractivity contribution < 1.29 is 13.7 Å². The fourth-order valence-corrected chi connectivity index (χ4v) is 1.17. The predicted molar refractivity (Wildman–Crippen MR) is 49.8 cm³/mol. The molecule has 78 valence electrons. The van der Waals surface area contributed by atoms with E-state index in [0.717, 1.165) is 5.56 Å². The van der Waals surface area contributed by atoms with E-state index in [1.807, 2.05) is 0 Å². The van der Waals surface area contributed by atoms with Gasteiger partial charge < -0.3 is 9.26 Å². The van der Waals surface area contributed by atoms with Gasteiger partial charge in [-0.2, -0.15) is 4.98 Å². The van der Waals surface area contributed by atoms with Gasteiger partial charge in [-0.25, -0.2) is 4.39 Å². The number of ether oxygens (including phenoxy) is 1. The zero-order valence-electron chi connectivity index (χ0n) is 8.11. The van der Waals surface area contributed by atoms with Crippen LogP contribution in [-0.2, 0) is 6.61 Å². The topological polar surface area (TPSA) is 48.2 Å². The van der Waals surface area contributed by atoms with E-state index in [9.17, 15) is 4.39 Å². The zero-order chi connectivity index (χ0) is 10.7. The van der Waals surface area contributed by atoms with Crippen LogP contribution in [0.15, 0.2) is 29.1 Å². The molecule has 2 rings (SSSR count). The molecule has 1 aromatic carbocycles. The Bertz CT molecular complexity index is 443. The fraction of sp³-hybridized carbons (Fsp3) is 0.200. The molecule has 5 heteroatoms. The second-order valence-corrected chi connectivity index (χ2v) is 3.05. The van der Waals surface area contributed by atoms with E-state index >= 15 is 0 Å². The quantitative estimate of drug-likeness (QED) is 0.774. The molecule has 0 radical (unpaired) electrons. The SMILES string of the molecule is Cc1cc(F)ccc1OCc1ncon1. The number of hydrogen-bond donors (Lipinski definition) is 0. The molecule has 1 aromatic heterocycles. The fourth-order valence-electron chi connectivity index (χ4n) is 1.17. The summed E-state index contributed by atoms with van der Waals surface area (Å²) in [5, 5.41) is 3.59. The molecule has 1 heterocycles. The van der Waals surface area contributed by atoms with E-state index in [4.69, 9.17) is 4.74 Å². The first kappa shape index (κ1) is 9.64. The third-order valence-electron chi connectivity index (χ3n) is 1.90. The van der Waals surface area contributed by atoms with Crippen LogP contribution in [0.2, 0.25) is 0 Å². The largest absolute Gasteiger partial charge is 0.485 e. The van der Waals surface area contributed by atoms with Crippen molar-refractivity contribution in [3.63, 3.8) is 0 Å². The summed E-state index contributed by atoms with van der Waals surface area (Å²) < 4.78 is 22.7. The van der Waals surface area contributed by atoms with Gasteiger partial charge in [-0.15, -0.1) is 0 Å². The molecule has 0 atom stereocenters. The second kappa shape index (κ2) is 4.08. The predicted octanol–water partition coefficient (Wildman–Crippen LogP) is 2.10. The van der Waals surface area contributed by atoms with Crippen molar-refractivity contribution in [1.82, 2.24) is 10.1 Å². The summed E-state index contributed by atoms with van der Waals surface area (Å²) in [6.07, 6.45) is 1.23. The van der Waals surface area contributed by atoms with Crippen molar-refractivity contribution in [2.75, 3.05) is 0 Å². The van der Waals surface area contributed by atoms with Crippen LogP contribution in [0.5, 0.6) is 5.75 Å². The molecule has 0 saturated heterocycles. The molecular formula is C10H9FN2O2. The number of nitrogens with zero attached hydrogens (tertiary/aromatic N) is 2. The number of halogens is 1. The second-order valence-electron chi connectivity index (χ2n) is 3.05. The molecule has 0 amide bonds. The molecule has 0 unspecified atom stereocenters. The number of aryl methyl sites for hydroxylation is 1. The van der Waals surface area contributed by atoms with Gasteiger partial charge >= 0.3 is 0 Å². The minimum atomic E-state index is -0.278. The minimum Gasteiger partial charge on any atom is -0.485 e. The van der Waals surface area contributed by atoms with Gasteiger partial charge in [-0.05, 0) is 30.7 Å². The van der Waals surface area contributed by atoms with Crippen LogP contribution in [0, 0.1) is 12.7 Å². The summed E-state index contributed by atoms with van der Waals surface area (Å²) in [6.45, 7) is 1.98. The number of hydrogen-bond acceptors (Lipinski definition) is 4. The minimum absolute atomic E-state index is 0.211. The van der Waals surface area contributed by atoms with Crippen molar-refractivity contribution in [2.45, 2.75) is 13.5 Å². The monoisotopic (exact) mass is 208 g/mol. The van der Waals surface area contributed by atoms with E-state index < -0.39 is 0 Å². The summed E-state index contributed by atoms with van der Waals surface area (Å²) in [5.74, 6) is 0.791. The standard InChI is InChI=1S/C10H9FN2O2/c1-7-4-8(11)2-3-9(7)14-5-10-12-6-15-13-10/h2-4,6H,5H2,1H3. The van der Waals surface area contributed by atoms with Crippen LogP contribution in [-0.4, -0.2) is 10.1 Å². The summed E-state index contributed by atoms with van der Waals surface area (Å²) in [4.78, 5) is 3.80. The molecule has 0 N–H and O–H groups in total. The molecule has 0 fully saturated rings. The third kappa shape index (κ3) is 2.31. The van der Waals surface area contributed by atoms with Crippen LogP contribution in [0.3, 0.4) is 0 Å². The summed E-state index contributed by atoms with van der Waals surface area (Å²) in [6, 6.07) is 4.33. The molecule has 0 aliphatic heterocycles. The van der Waals surface area contributed by atoms with Gasteiger partial charge in [-0.1, -0.05) is 5.16 Å². The lowest BCUT2D eigenvalue weighted by atomic mass is 10.2. The lowest BCUT2D eigenvalue weighted by Crippen LogP contribution is -1.98. The molecule has 15 heavy (non-hydrogen) atoms. The molecule has 0 aliphatic rings. The first-order valence-electron chi connectivity index (χ1n) is 4.40. The lowest BCUT2D eigenvalue weighted by molar-refractivity contribution is 0.284. The maximum absolute atomic E-state index is 12.8. The van der Waals surface area contributed by atoms with E-state index in [1.165, 1.54) is 18.5 Å². The van der Waals surface area contributed by atoms with Gasteiger partial charge in [0, 0.05) is 0 Å². The van der Waals surface area contributed by atoms with Gasteiger partial charge in [0.15, 0.2) is 6.61 Å². The molecular weight excluding hydrogens is 199 g/mol. The lowest BCUT2D eigenvalue weighted by Gasteiger charge is -2.06. The molecule has 0 aliphatic carbocycles. The number of rotatable bonds is 3. The molecule has 2 aromatic rings. The highest BCUT2D eigenvalue weighted by Crippen LogP contribution is 2.18. The highest BCUT2D eigenvalue weighted by molar-refractivity contribution is 5.32. The highest BCUT2D eigenvalue weighted by atomic mass is 19.1. The number of benzene rings is 1. The highest BCUT2D eigenvalue weighted by Gasteiger charge is 2.03. The Morgan fingerprint density at radius 1 is 1.47 bits per heavy atom. The van der Waals surface area contributed by atoms with Crippen LogP contribution >= 0.6 is 0 Å². The number of aromatic nitrogens is 2. The van der Waals surface area contributed by atoms with Gasteiger partial charge in [0.2, 0.25) is 12.2 Å². The van der Waals surface area contributed by atoms with Crippen LogP contribution in [0.4, 0.5) is 4.39 Å². The van der Waals surface area contributed by atoms with Crippen LogP contribution < -0.4 is 4.74 Å². The maximum atomic E-state index is 12.8. The maximum Gasteiger partial charge on any atom is 0.213 e. The average molecular weight is 208 g/mol. The van der Waals surface area contributed by atoms with Crippen molar-refractivity contribution in [2.24, 2.45) is 0 Å².